The van der Waals surface area contributed by atoms with Gasteiger partial charge in [0.15, 0.2) is 0 Å². The van der Waals surface area contributed by atoms with Gasteiger partial charge in [0.1, 0.15) is 6.04 Å². The summed E-state index contributed by atoms with van der Waals surface area (Å²) in [7, 11) is 0. The van der Waals surface area contributed by atoms with Crippen LogP contribution in [0.4, 0.5) is 13.2 Å². The lowest BCUT2D eigenvalue weighted by atomic mass is 10.2. The zero-order valence-corrected chi connectivity index (χ0v) is 9.50. The van der Waals surface area contributed by atoms with Crippen LogP contribution in [0.25, 0.3) is 0 Å². The van der Waals surface area contributed by atoms with Crippen molar-refractivity contribution < 1.29 is 13.2 Å². The van der Waals surface area contributed by atoms with Crippen LogP contribution in [-0.4, -0.2) is 12.7 Å². The first kappa shape index (κ1) is 12.5. The quantitative estimate of drug-likeness (QED) is 0.842. The van der Waals surface area contributed by atoms with Crippen LogP contribution in [0.5, 0.6) is 0 Å². The van der Waals surface area contributed by atoms with Gasteiger partial charge in [0.05, 0.1) is 0 Å². The maximum atomic E-state index is 12.7. The number of alkyl halides is 3. The van der Waals surface area contributed by atoms with Crippen LogP contribution in [0.15, 0.2) is 12.1 Å². The summed E-state index contributed by atoms with van der Waals surface area (Å²) in [5.74, 6) is 0. The highest BCUT2D eigenvalue weighted by Crippen LogP contribution is 2.35. The Labute approximate surface area is 91.3 Å². The summed E-state index contributed by atoms with van der Waals surface area (Å²) in [6, 6.07) is 1.74. The molecule has 0 spiro atoms. The Hall–Kier alpha value is -0.550. The highest BCUT2D eigenvalue weighted by molar-refractivity contribution is 7.12. The molecular formula is C10H14F3NS. The molecule has 1 heterocycles. The molecule has 1 aromatic heterocycles. The first-order valence-electron chi connectivity index (χ1n) is 4.81. The van der Waals surface area contributed by atoms with Gasteiger partial charge in [-0.2, -0.15) is 13.2 Å². The average Bonchev–Trinajstić information content (AvgIpc) is 2.50. The number of thiophene rings is 1. The van der Waals surface area contributed by atoms with E-state index in [4.69, 9.17) is 0 Å². The van der Waals surface area contributed by atoms with Gasteiger partial charge in [-0.05, 0) is 32.0 Å². The van der Waals surface area contributed by atoms with E-state index in [9.17, 15) is 13.2 Å². The molecule has 0 bridgehead atoms. The molecule has 0 aliphatic heterocycles. The largest absolute Gasteiger partial charge is 0.408 e. The third-order valence-electron chi connectivity index (χ3n) is 1.97. The fourth-order valence-corrected chi connectivity index (χ4v) is 2.25. The zero-order chi connectivity index (χ0) is 11.5. The minimum atomic E-state index is -4.22. The Kier molecular flexibility index (Phi) is 4.16. The van der Waals surface area contributed by atoms with E-state index in [1.807, 2.05) is 6.92 Å². The lowest BCUT2D eigenvalue weighted by molar-refractivity contribution is -0.156. The standard InChI is InChI=1S/C10H14F3NS/c1-3-6-14-9(10(11,12)13)8-5-4-7(2)15-8/h4-5,9,14H,3,6H2,1-2H3. The average molecular weight is 237 g/mol. The predicted octanol–water partition coefficient (Wildman–Crippen LogP) is 3.66. The summed E-state index contributed by atoms with van der Waals surface area (Å²) < 4.78 is 38.0. The van der Waals surface area contributed by atoms with Crippen LogP contribution in [0, 0.1) is 6.92 Å². The Morgan fingerprint density at radius 2 is 2.07 bits per heavy atom. The fourth-order valence-electron chi connectivity index (χ4n) is 1.27. The van der Waals surface area contributed by atoms with Gasteiger partial charge >= 0.3 is 6.18 Å². The second-order valence-electron chi connectivity index (χ2n) is 3.38. The predicted molar refractivity (Wildman–Crippen MR) is 56.1 cm³/mol. The summed E-state index contributed by atoms with van der Waals surface area (Å²) in [6.07, 6.45) is -3.52. The van der Waals surface area contributed by atoms with Crippen LogP contribution in [0.3, 0.4) is 0 Å². The van der Waals surface area contributed by atoms with Crippen molar-refractivity contribution in [1.82, 2.24) is 5.32 Å². The number of nitrogens with one attached hydrogen (secondary N) is 1. The molecule has 0 saturated heterocycles. The van der Waals surface area contributed by atoms with E-state index in [0.717, 1.165) is 4.88 Å². The van der Waals surface area contributed by atoms with E-state index in [1.165, 1.54) is 11.3 Å². The molecule has 86 valence electrons. The number of rotatable bonds is 4. The molecule has 5 heteroatoms. The maximum Gasteiger partial charge on any atom is 0.408 e. The number of hydrogen-bond acceptors (Lipinski definition) is 2. The number of hydrogen-bond donors (Lipinski definition) is 1. The van der Waals surface area contributed by atoms with Gasteiger partial charge in [-0.25, -0.2) is 0 Å². The molecule has 0 aliphatic carbocycles. The van der Waals surface area contributed by atoms with E-state index >= 15 is 0 Å². The second kappa shape index (κ2) is 4.99. The van der Waals surface area contributed by atoms with Crippen LogP contribution in [-0.2, 0) is 0 Å². The Morgan fingerprint density at radius 3 is 2.47 bits per heavy atom. The molecule has 1 unspecified atom stereocenters. The molecule has 15 heavy (non-hydrogen) atoms. The van der Waals surface area contributed by atoms with Gasteiger partial charge in [0.2, 0.25) is 0 Å². The van der Waals surface area contributed by atoms with Crippen molar-refractivity contribution in [2.45, 2.75) is 32.5 Å². The van der Waals surface area contributed by atoms with Crippen LogP contribution >= 0.6 is 11.3 Å². The van der Waals surface area contributed by atoms with Crippen molar-refractivity contribution >= 4 is 11.3 Å². The first-order valence-corrected chi connectivity index (χ1v) is 5.63. The molecule has 1 nitrogen and oxygen atoms in total. The van der Waals surface area contributed by atoms with Gasteiger partial charge in [0.25, 0.3) is 0 Å². The Bertz CT molecular complexity index is 306. The van der Waals surface area contributed by atoms with Crippen LogP contribution < -0.4 is 5.32 Å². The molecule has 1 N–H and O–H groups in total. The van der Waals surface area contributed by atoms with Gasteiger partial charge in [0, 0.05) is 9.75 Å². The van der Waals surface area contributed by atoms with Crippen molar-refractivity contribution in [3.63, 3.8) is 0 Å². The maximum absolute atomic E-state index is 12.7. The Morgan fingerprint density at radius 1 is 1.40 bits per heavy atom. The molecule has 1 aromatic rings. The monoisotopic (exact) mass is 237 g/mol. The summed E-state index contributed by atoms with van der Waals surface area (Å²) in [4.78, 5) is 1.24. The summed E-state index contributed by atoms with van der Waals surface area (Å²) >= 11 is 1.19. The van der Waals surface area contributed by atoms with Crippen LogP contribution in [0.2, 0.25) is 0 Å². The first-order chi connectivity index (χ1) is 6.95. The van der Waals surface area contributed by atoms with Gasteiger partial charge in [-0.3, -0.25) is 0 Å². The molecule has 1 rings (SSSR count). The summed E-state index contributed by atoms with van der Waals surface area (Å²) in [5, 5.41) is 2.52. The molecule has 0 aromatic carbocycles. The second-order valence-corrected chi connectivity index (χ2v) is 4.70. The topological polar surface area (TPSA) is 12.0 Å². The number of halogens is 3. The van der Waals surface area contributed by atoms with Crippen molar-refractivity contribution in [3.05, 3.63) is 21.9 Å². The van der Waals surface area contributed by atoms with Gasteiger partial charge in [-0.1, -0.05) is 6.92 Å². The molecular weight excluding hydrogens is 223 g/mol. The summed E-state index contributed by atoms with van der Waals surface area (Å²) in [5.41, 5.74) is 0. The molecule has 0 amide bonds. The lowest BCUT2D eigenvalue weighted by Gasteiger charge is -2.20. The van der Waals surface area contributed by atoms with E-state index in [0.29, 0.717) is 17.8 Å². The van der Waals surface area contributed by atoms with Crippen molar-refractivity contribution in [2.24, 2.45) is 0 Å². The van der Waals surface area contributed by atoms with E-state index in [-0.39, 0.29) is 0 Å². The minimum Gasteiger partial charge on any atom is -0.302 e. The molecule has 0 saturated carbocycles. The van der Waals surface area contributed by atoms with Crippen molar-refractivity contribution in [1.29, 1.82) is 0 Å². The normalized spacial score (nSPS) is 14.2. The fraction of sp³-hybridized carbons (Fsp3) is 0.600. The highest BCUT2D eigenvalue weighted by Gasteiger charge is 2.40. The van der Waals surface area contributed by atoms with Crippen LogP contribution in [0.1, 0.15) is 29.1 Å². The van der Waals surface area contributed by atoms with E-state index in [1.54, 1.807) is 19.1 Å². The molecule has 1 atom stereocenters. The smallest absolute Gasteiger partial charge is 0.302 e. The third-order valence-corrected chi connectivity index (χ3v) is 3.04. The summed E-state index contributed by atoms with van der Waals surface area (Å²) in [6.45, 7) is 4.03. The highest BCUT2D eigenvalue weighted by atomic mass is 32.1. The number of aryl methyl sites for hydroxylation is 1. The SMILES string of the molecule is CCCNC(c1ccc(C)s1)C(F)(F)F. The molecule has 0 aliphatic rings. The van der Waals surface area contributed by atoms with Crippen molar-refractivity contribution in [2.75, 3.05) is 6.54 Å². The molecule has 0 radical (unpaired) electrons. The zero-order valence-electron chi connectivity index (χ0n) is 8.69. The van der Waals surface area contributed by atoms with Crippen molar-refractivity contribution in [3.8, 4) is 0 Å². The third kappa shape index (κ3) is 3.50. The minimum absolute atomic E-state index is 0.341. The van der Waals surface area contributed by atoms with Gasteiger partial charge < -0.3 is 5.32 Å². The van der Waals surface area contributed by atoms with E-state index < -0.39 is 12.2 Å². The Balaban J connectivity index is 2.81. The molecule has 0 fully saturated rings. The lowest BCUT2D eigenvalue weighted by Crippen LogP contribution is -2.33. The van der Waals surface area contributed by atoms with Gasteiger partial charge in [-0.15, -0.1) is 11.3 Å². The van der Waals surface area contributed by atoms with E-state index in [2.05, 4.69) is 5.32 Å².